The lowest BCUT2D eigenvalue weighted by Gasteiger charge is -2.06. The molecule has 0 N–H and O–H groups in total. The average molecular weight is 251 g/mol. The number of benzene rings is 1. The molecule has 0 unspecified atom stereocenters. The van der Waals surface area contributed by atoms with Crippen molar-refractivity contribution in [3.05, 3.63) is 41.0 Å². The van der Waals surface area contributed by atoms with E-state index in [1.165, 1.54) is 0 Å². The maximum absolute atomic E-state index is 5.85. The quantitative estimate of drug-likeness (QED) is 0.832. The first-order valence-electron chi connectivity index (χ1n) is 5.55. The topological polar surface area (TPSA) is 27.1 Å². The first kappa shape index (κ1) is 12.0. The third kappa shape index (κ3) is 2.80. The van der Waals surface area contributed by atoms with Gasteiger partial charge in [0.1, 0.15) is 0 Å². The lowest BCUT2D eigenvalue weighted by atomic mass is 10.3. The van der Waals surface area contributed by atoms with E-state index in [0.717, 1.165) is 16.3 Å². The van der Waals surface area contributed by atoms with Crippen molar-refractivity contribution >= 4 is 11.6 Å². The van der Waals surface area contributed by atoms with Gasteiger partial charge in [0.25, 0.3) is 0 Å². The van der Waals surface area contributed by atoms with Crippen molar-refractivity contribution in [1.29, 1.82) is 0 Å². The summed E-state index contributed by atoms with van der Waals surface area (Å²) in [4.78, 5) is 0. The van der Waals surface area contributed by atoms with Crippen LogP contribution in [-0.4, -0.2) is 15.9 Å². The number of hydrogen-bond acceptors (Lipinski definition) is 2. The van der Waals surface area contributed by atoms with Crippen molar-refractivity contribution < 1.29 is 4.74 Å². The van der Waals surface area contributed by atoms with Crippen LogP contribution in [-0.2, 0) is 0 Å². The van der Waals surface area contributed by atoms with Crippen molar-refractivity contribution in [1.82, 2.24) is 9.78 Å². The summed E-state index contributed by atoms with van der Waals surface area (Å²) in [6.07, 6.45) is 2.07. The Morgan fingerprint density at radius 2 is 1.88 bits per heavy atom. The number of nitrogens with zero attached hydrogens (tertiary/aromatic N) is 2. The number of halogens is 1. The van der Waals surface area contributed by atoms with Crippen LogP contribution in [0.25, 0.3) is 5.69 Å². The molecule has 4 heteroatoms. The first-order valence-corrected chi connectivity index (χ1v) is 5.93. The molecule has 0 aliphatic heterocycles. The van der Waals surface area contributed by atoms with Gasteiger partial charge in [-0.25, -0.2) is 4.68 Å². The van der Waals surface area contributed by atoms with Gasteiger partial charge in [0.05, 0.1) is 11.8 Å². The summed E-state index contributed by atoms with van der Waals surface area (Å²) in [5.74, 6) is 0.676. The van der Waals surface area contributed by atoms with Gasteiger partial charge in [-0.05, 0) is 45.0 Å². The third-order valence-electron chi connectivity index (χ3n) is 2.29. The predicted molar refractivity (Wildman–Crippen MR) is 69.1 cm³/mol. The SMILES string of the molecule is Cc1cn(-c2ccc(Cl)cc2)nc1OC(C)C. The van der Waals surface area contributed by atoms with E-state index in [1.54, 1.807) is 4.68 Å². The van der Waals surface area contributed by atoms with Gasteiger partial charge in [-0.15, -0.1) is 5.10 Å². The number of ether oxygens (including phenoxy) is 1. The van der Waals surface area contributed by atoms with Crippen LogP contribution in [0.5, 0.6) is 5.88 Å². The summed E-state index contributed by atoms with van der Waals surface area (Å²) in [6, 6.07) is 7.54. The predicted octanol–water partition coefficient (Wildman–Crippen LogP) is 3.62. The molecule has 17 heavy (non-hydrogen) atoms. The molecule has 0 spiro atoms. The molecule has 2 rings (SSSR count). The number of aryl methyl sites for hydroxylation is 1. The fraction of sp³-hybridized carbons (Fsp3) is 0.308. The van der Waals surface area contributed by atoms with Crippen molar-refractivity contribution in [2.75, 3.05) is 0 Å². The second-order valence-corrected chi connectivity index (χ2v) is 4.64. The monoisotopic (exact) mass is 250 g/mol. The second-order valence-electron chi connectivity index (χ2n) is 4.20. The van der Waals surface area contributed by atoms with E-state index >= 15 is 0 Å². The van der Waals surface area contributed by atoms with Crippen molar-refractivity contribution in [2.24, 2.45) is 0 Å². The Balaban J connectivity index is 2.31. The van der Waals surface area contributed by atoms with Crippen LogP contribution in [0.3, 0.4) is 0 Å². The minimum Gasteiger partial charge on any atom is -0.474 e. The Morgan fingerprint density at radius 3 is 2.47 bits per heavy atom. The number of rotatable bonds is 3. The van der Waals surface area contributed by atoms with Crippen LogP contribution in [0.2, 0.25) is 5.02 Å². The molecule has 1 aromatic heterocycles. The zero-order valence-electron chi connectivity index (χ0n) is 10.1. The summed E-state index contributed by atoms with van der Waals surface area (Å²) in [6.45, 7) is 5.96. The molecule has 0 atom stereocenters. The van der Waals surface area contributed by atoms with Gasteiger partial charge >= 0.3 is 0 Å². The lowest BCUT2D eigenvalue weighted by Crippen LogP contribution is -2.07. The molecule has 0 aliphatic carbocycles. The lowest BCUT2D eigenvalue weighted by molar-refractivity contribution is 0.230. The van der Waals surface area contributed by atoms with Crippen LogP contribution < -0.4 is 4.74 Å². The Morgan fingerprint density at radius 1 is 1.24 bits per heavy atom. The Hall–Kier alpha value is -1.48. The highest BCUT2D eigenvalue weighted by atomic mass is 35.5. The normalized spacial score (nSPS) is 10.9. The van der Waals surface area contributed by atoms with E-state index < -0.39 is 0 Å². The molecule has 0 saturated carbocycles. The Labute approximate surface area is 106 Å². The van der Waals surface area contributed by atoms with Crippen LogP contribution >= 0.6 is 11.6 Å². The molecule has 0 amide bonds. The van der Waals surface area contributed by atoms with Crippen molar-refractivity contribution in [3.63, 3.8) is 0 Å². The molecule has 2 aromatic rings. The highest BCUT2D eigenvalue weighted by Gasteiger charge is 2.08. The van der Waals surface area contributed by atoms with Gasteiger partial charge in [0.15, 0.2) is 0 Å². The van der Waals surface area contributed by atoms with Crippen LogP contribution in [0.1, 0.15) is 19.4 Å². The Bertz CT molecular complexity index is 503. The molecule has 0 aliphatic rings. The van der Waals surface area contributed by atoms with E-state index in [0.29, 0.717) is 5.88 Å². The Kier molecular flexibility index (Phi) is 3.38. The fourth-order valence-electron chi connectivity index (χ4n) is 1.51. The van der Waals surface area contributed by atoms with E-state index in [-0.39, 0.29) is 6.10 Å². The van der Waals surface area contributed by atoms with Crippen molar-refractivity contribution in [2.45, 2.75) is 26.9 Å². The van der Waals surface area contributed by atoms with Crippen molar-refractivity contribution in [3.8, 4) is 11.6 Å². The smallest absolute Gasteiger partial charge is 0.236 e. The van der Waals surface area contributed by atoms with Crippen LogP contribution in [0.15, 0.2) is 30.5 Å². The van der Waals surface area contributed by atoms with Gasteiger partial charge < -0.3 is 4.74 Å². The average Bonchev–Trinajstić information content (AvgIpc) is 2.60. The van der Waals surface area contributed by atoms with Gasteiger partial charge in [-0.1, -0.05) is 11.6 Å². The summed E-state index contributed by atoms with van der Waals surface area (Å²) in [5, 5.41) is 5.12. The molecule has 90 valence electrons. The maximum Gasteiger partial charge on any atom is 0.236 e. The van der Waals surface area contributed by atoms with Crippen LogP contribution in [0, 0.1) is 6.92 Å². The zero-order chi connectivity index (χ0) is 12.4. The first-order chi connectivity index (χ1) is 8.06. The zero-order valence-corrected chi connectivity index (χ0v) is 10.9. The minimum atomic E-state index is 0.127. The molecule has 0 bridgehead atoms. The number of aromatic nitrogens is 2. The van der Waals surface area contributed by atoms with E-state index in [1.807, 2.05) is 51.2 Å². The molecule has 1 aromatic carbocycles. The number of hydrogen-bond donors (Lipinski definition) is 0. The maximum atomic E-state index is 5.85. The van der Waals surface area contributed by atoms with E-state index in [2.05, 4.69) is 5.10 Å². The summed E-state index contributed by atoms with van der Waals surface area (Å²) >= 11 is 5.85. The largest absolute Gasteiger partial charge is 0.474 e. The van der Waals surface area contributed by atoms with E-state index in [4.69, 9.17) is 16.3 Å². The molecule has 3 nitrogen and oxygen atoms in total. The minimum absolute atomic E-state index is 0.127. The van der Waals surface area contributed by atoms with Crippen LogP contribution in [0.4, 0.5) is 0 Å². The summed E-state index contributed by atoms with van der Waals surface area (Å²) in [5.41, 5.74) is 1.99. The fourth-order valence-corrected chi connectivity index (χ4v) is 1.64. The highest BCUT2D eigenvalue weighted by molar-refractivity contribution is 6.30. The van der Waals surface area contributed by atoms with Gasteiger partial charge in [-0.2, -0.15) is 0 Å². The summed E-state index contributed by atoms with van der Waals surface area (Å²) in [7, 11) is 0. The van der Waals surface area contributed by atoms with Gasteiger partial charge in [0.2, 0.25) is 5.88 Å². The molecular weight excluding hydrogens is 236 g/mol. The second kappa shape index (κ2) is 4.80. The third-order valence-corrected chi connectivity index (χ3v) is 2.54. The molecular formula is C13H15ClN2O. The molecule has 0 radical (unpaired) electrons. The molecule has 1 heterocycles. The van der Waals surface area contributed by atoms with Gasteiger partial charge in [-0.3, -0.25) is 0 Å². The summed E-state index contributed by atoms with van der Waals surface area (Å²) < 4.78 is 7.41. The molecule has 0 saturated heterocycles. The van der Waals surface area contributed by atoms with Gasteiger partial charge in [0, 0.05) is 16.8 Å². The molecule has 0 fully saturated rings. The van der Waals surface area contributed by atoms with E-state index in [9.17, 15) is 0 Å². The highest BCUT2D eigenvalue weighted by Crippen LogP contribution is 2.20. The standard InChI is InChI=1S/C13H15ClN2O/c1-9(2)17-13-10(3)8-16(15-13)12-6-4-11(14)5-7-12/h4-9H,1-3H3.